The Kier molecular flexibility index (Phi) is 6.43. The van der Waals surface area contributed by atoms with Crippen LogP contribution in [0.4, 0.5) is 5.69 Å². The molecule has 96 valence electrons. The van der Waals surface area contributed by atoms with Crippen molar-refractivity contribution in [2.75, 3.05) is 11.9 Å². The molecule has 1 aromatic rings. The number of benzene rings is 1. The van der Waals surface area contributed by atoms with E-state index in [0.29, 0.717) is 6.54 Å². The standard InChI is InChI=1S/C12H17IN2O.ClH/c1-8-4-5-9(6-10(8)13)15-11(16)12(2,3)7-14;/h4-6H,7,14H2,1-3H3,(H,15,16);1H. The van der Waals surface area contributed by atoms with Crippen LogP contribution >= 0.6 is 35.0 Å². The van der Waals surface area contributed by atoms with Crippen LogP contribution in [-0.2, 0) is 4.79 Å². The summed E-state index contributed by atoms with van der Waals surface area (Å²) in [6.45, 7) is 6.04. The summed E-state index contributed by atoms with van der Waals surface area (Å²) in [4.78, 5) is 11.9. The number of rotatable bonds is 3. The minimum atomic E-state index is -0.531. The Hall–Kier alpha value is -0.330. The molecule has 0 radical (unpaired) electrons. The third-order valence-corrected chi connectivity index (χ3v) is 3.72. The number of amides is 1. The maximum Gasteiger partial charge on any atom is 0.231 e. The SMILES string of the molecule is Cc1ccc(NC(=O)C(C)(C)CN)cc1I.Cl. The molecule has 0 aliphatic carbocycles. The second-order valence-corrected chi connectivity index (χ2v) is 5.67. The maximum atomic E-state index is 11.9. The molecule has 3 nitrogen and oxygen atoms in total. The molecule has 0 aromatic heterocycles. The van der Waals surface area contributed by atoms with Crippen LogP contribution in [0.2, 0.25) is 0 Å². The van der Waals surface area contributed by atoms with Gasteiger partial charge in [-0.3, -0.25) is 4.79 Å². The van der Waals surface area contributed by atoms with Gasteiger partial charge in [0.25, 0.3) is 0 Å². The van der Waals surface area contributed by atoms with Crippen molar-refractivity contribution in [3.05, 3.63) is 27.3 Å². The Morgan fingerprint density at radius 1 is 1.47 bits per heavy atom. The summed E-state index contributed by atoms with van der Waals surface area (Å²) in [6, 6.07) is 5.86. The number of anilines is 1. The van der Waals surface area contributed by atoms with Crippen molar-refractivity contribution >= 4 is 46.6 Å². The molecular formula is C12H18ClIN2O. The maximum absolute atomic E-state index is 11.9. The highest BCUT2D eigenvalue weighted by molar-refractivity contribution is 14.1. The van der Waals surface area contributed by atoms with Gasteiger partial charge in [-0.1, -0.05) is 6.07 Å². The van der Waals surface area contributed by atoms with Crippen LogP contribution in [0.15, 0.2) is 18.2 Å². The fourth-order valence-corrected chi connectivity index (χ4v) is 1.58. The Bertz CT molecular complexity index is 407. The zero-order valence-corrected chi connectivity index (χ0v) is 13.2. The summed E-state index contributed by atoms with van der Waals surface area (Å²) in [5, 5.41) is 2.88. The average molecular weight is 369 g/mol. The van der Waals surface area contributed by atoms with Crippen molar-refractivity contribution in [1.29, 1.82) is 0 Å². The van der Waals surface area contributed by atoms with E-state index < -0.39 is 5.41 Å². The fourth-order valence-electron chi connectivity index (χ4n) is 1.06. The third kappa shape index (κ3) is 4.44. The van der Waals surface area contributed by atoms with Crippen LogP contribution in [0.25, 0.3) is 0 Å². The lowest BCUT2D eigenvalue weighted by molar-refractivity contribution is -0.123. The topological polar surface area (TPSA) is 55.1 Å². The van der Waals surface area contributed by atoms with Crippen LogP contribution in [0.1, 0.15) is 19.4 Å². The lowest BCUT2D eigenvalue weighted by Gasteiger charge is -2.21. The predicted octanol–water partition coefficient (Wildman–Crippen LogP) is 2.94. The van der Waals surface area contributed by atoms with E-state index in [1.165, 1.54) is 5.56 Å². The zero-order valence-electron chi connectivity index (χ0n) is 10.2. The fraction of sp³-hybridized carbons (Fsp3) is 0.417. The van der Waals surface area contributed by atoms with Crippen LogP contribution < -0.4 is 11.1 Å². The Morgan fingerprint density at radius 3 is 2.53 bits per heavy atom. The first-order valence-corrected chi connectivity index (χ1v) is 6.22. The zero-order chi connectivity index (χ0) is 12.3. The Labute approximate surface area is 122 Å². The quantitative estimate of drug-likeness (QED) is 0.806. The van der Waals surface area contributed by atoms with E-state index in [1.807, 2.05) is 39.0 Å². The summed E-state index contributed by atoms with van der Waals surface area (Å²) in [5.41, 5.74) is 7.05. The molecule has 0 atom stereocenters. The van der Waals surface area contributed by atoms with E-state index >= 15 is 0 Å². The number of halogens is 2. The molecular weight excluding hydrogens is 351 g/mol. The molecule has 17 heavy (non-hydrogen) atoms. The highest BCUT2D eigenvalue weighted by Gasteiger charge is 2.25. The van der Waals surface area contributed by atoms with Gasteiger partial charge < -0.3 is 11.1 Å². The number of aryl methyl sites for hydroxylation is 1. The second-order valence-electron chi connectivity index (χ2n) is 4.51. The lowest BCUT2D eigenvalue weighted by Crippen LogP contribution is -2.37. The molecule has 5 heteroatoms. The van der Waals surface area contributed by atoms with E-state index in [4.69, 9.17) is 5.73 Å². The molecule has 0 bridgehead atoms. The van der Waals surface area contributed by atoms with Gasteiger partial charge >= 0.3 is 0 Å². The molecule has 0 spiro atoms. The molecule has 0 saturated heterocycles. The van der Waals surface area contributed by atoms with Crippen molar-refractivity contribution in [1.82, 2.24) is 0 Å². The van der Waals surface area contributed by atoms with Crippen LogP contribution in [0, 0.1) is 15.9 Å². The molecule has 1 rings (SSSR count). The van der Waals surface area contributed by atoms with Crippen molar-refractivity contribution in [3.63, 3.8) is 0 Å². The smallest absolute Gasteiger partial charge is 0.231 e. The van der Waals surface area contributed by atoms with Gasteiger partial charge in [0.15, 0.2) is 0 Å². The minimum Gasteiger partial charge on any atom is -0.329 e. The highest BCUT2D eigenvalue weighted by atomic mass is 127. The molecule has 3 N–H and O–H groups in total. The number of nitrogens with one attached hydrogen (secondary N) is 1. The first kappa shape index (κ1) is 16.7. The van der Waals surface area contributed by atoms with Crippen molar-refractivity contribution in [2.45, 2.75) is 20.8 Å². The average Bonchev–Trinajstić information content (AvgIpc) is 2.23. The lowest BCUT2D eigenvalue weighted by atomic mass is 9.92. The summed E-state index contributed by atoms with van der Waals surface area (Å²) in [6.07, 6.45) is 0. The number of hydrogen-bond acceptors (Lipinski definition) is 2. The summed E-state index contributed by atoms with van der Waals surface area (Å²) >= 11 is 2.25. The molecule has 0 unspecified atom stereocenters. The van der Waals surface area contributed by atoms with Gasteiger partial charge in [0, 0.05) is 15.8 Å². The predicted molar refractivity (Wildman–Crippen MR) is 82.6 cm³/mol. The molecule has 1 aromatic carbocycles. The van der Waals surface area contributed by atoms with E-state index in [-0.39, 0.29) is 18.3 Å². The Morgan fingerprint density at radius 2 is 2.06 bits per heavy atom. The third-order valence-electron chi connectivity index (χ3n) is 2.55. The molecule has 0 saturated carbocycles. The van der Waals surface area contributed by atoms with Gasteiger partial charge in [0.05, 0.1) is 5.41 Å². The number of hydrogen-bond donors (Lipinski definition) is 2. The van der Waals surface area contributed by atoms with Crippen LogP contribution in [0.3, 0.4) is 0 Å². The Balaban J connectivity index is 0.00000256. The number of carbonyl (C=O) groups is 1. The normalized spacial score (nSPS) is 10.6. The van der Waals surface area contributed by atoms with Crippen LogP contribution in [0.5, 0.6) is 0 Å². The molecule has 0 aliphatic rings. The molecule has 0 fully saturated rings. The minimum absolute atomic E-state index is 0. The van der Waals surface area contributed by atoms with Gasteiger partial charge in [0.2, 0.25) is 5.91 Å². The van der Waals surface area contributed by atoms with Gasteiger partial charge in [-0.15, -0.1) is 12.4 Å². The van der Waals surface area contributed by atoms with Gasteiger partial charge in [-0.2, -0.15) is 0 Å². The van der Waals surface area contributed by atoms with E-state index in [0.717, 1.165) is 9.26 Å². The van der Waals surface area contributed by atoms with Gasteiger partial charge in [0.1, 0.15) is 0 Å². The first-order chi connectivity index (χ1) is 7.36. The summed E-state index contributed by atoms with van der Waals surface area (Å²) < 4.78 is 1.14. The van der Waals surface area contributed by atoms with E-state index in [1.54, 1.807) is 0 Å². The second kappa shape index (κ2) is 6.56. The first-order valence-electron chi connectivity index (χ1n) is 5.14. The van der Waals surface area contributed by atoms with Crippen molar-refractivity contribution in [2.24, 2.45) is 11.1 Å². The monoisotopic (exact) mass is 368 g/mol. The number of carbonyl (C=O) groups excluding carboxylic acids is 1. The summed E-state index contributed by atoms with van der Waals surface area (Å²) in [7, 11) is 0. The number of nitrogens with two attached hydrogens (primary N) is 1. The highest BCUT2D eigenvalue weighted by Crippen LogP contribution is 2.20. The van der Waals surface area contributed by atoms with E-state index in [2.05, 4.69) is 27.9 Å². The molecule has 1 amide bonds. The van der Waals surface area contributed by atoms with Gasteiger partial charge in [-0.25, -0.2) is 0 Å². The molecule has 0 aliphatic heterocycles. The van der Waals surface area contributed by atoms with Crippen LogP contribution in [-0.4, -0.2) is 12.5 Å². The van der Waals surface area contributed by atoms with Gasteiger partial charge in [-0.05, 0) is 61.1 Å². The van der Waals surface area contributed by atoms with Crippen molar-refractivity contribution < 1.29 is 4.79 Å². The molecule has 0 heterocycles. The largest absolute Gasteiger partial charge is 0.329 e. The van der Waals surface area contributed by atoms with E-state index in [9.17, 15) is 4.79 Å². The van der Waals surface area contributed by atoms with Crippen molar-refractivity contribution in [3.8, 4) is 0 Å². The summed E-state index contributed by atoms with van der Waals surface area (Å²) in [5.74, 6) is -0.0466.